The van der Waals surface area contributed by atoms with Gasteiger partial charge in [0, 0.05) is 21.9 Å². The summed E-state index contributed by atoms with van der Waals surface area (Å²) >= 11 is 1.88. The lowest BCUT2D eigenvalue weighted by Gasteiger charge is -2.12. The quantitative estimate of drug-likeness (QED) is 0.794. The van der Waals surface area contributed by atoms with E-state index in [0.29, 0.717) is 11.3 Å². The van der Waals surface area contributed by atoms with Gasteiger partial charge in [-0.05, 0) is 49.9 Å². The lowest BCUT2D eigenvalue weighted by Crippen LogP contribution is -2.30. The Kier molecular flexibility index (Phi) is 4.75. The molecule has 1 fully saturated rings. The number of urea groups is 1. The van der Waals surface area contributed by atoms with Gasteiger partial charge in [0.05, 0.1) is 0 Å². The Hall–Kier alpha value is -1.16. The minimum absolute atomic E-state index is 0.0899. The number of nitrogens with one attached hydrogen (secondary N) is 2. The van der Waals surface area contributed by atoms with Gasteiger partial charge < -0.3 is 10.6 Å². The Balaban J connectivity index is 1.95. The molecule has 1 aromatic rings. The molecule has 0 aliphatic heterocycles. The summed E-state index contributed by atoms with van der Waals surface area (Å²) in [5, 5.41) is 6.47. The molecule has 0 bridgehead atoms. The van der Waals surface area contributed by atoms with Gasteiger partial charge in [-0.2, -0.15) is 0 Å². The second-order valence-electron chi connectivity index (χ2n) is 5.19. The summed E-state index contributed by atoms with van der Waals surface area (Å²) in [4.78, 5) is 13.0. The molecule has 0 saturated heterocycles. The van der Waals surface area contributed by atoms with Crippen LogP contribution in [0.25, 0.3) is 0 Å². The first kappa shape index (κ1) is 14.3. The highest BCUT2D eigenvalue weighted by molar-refractivity contribution is 7.99. The van der Waals surface area contributed by atoms with Crippen LogP contribution in [0.1, 0.15) is 38.7 Å². The first-order valence-corrected chi connectivity index (χ1v) is 7.81. The molecular formula is C15H22N2OS. The fourth-order valence-electron chi connectivity index (χ4n) is 1.74. The van der Waals surface area contributed by atoms with E-state index in [1.807, 2.05) is 24.8 Å². The van der Waals surface area contributed by atoms with E-state index in [-0.39, 0.29) is 6.03 Å². The summed E-state index contributed by atoms with van der Waals surface area (Å²) in [5.41, 5.74) is 2.01. The smallest absolute Gasteiger partial charge is 0.319 e. The Labute approximate surface area is 119 Å². The van der Waals surface area contributed by atoms with Crippen LogP contribution in [0.2, 0.25) is 0 Å². The van der Waals surface area contributed by atoms with Gasteiger partial charge in [-0.3, -0.25) is 0 Å². The van der Waals surface area contributed by atoms with E-state index in [9.17, 15) is 4.79 Å². The van der Waals surface area contributed by atoms with Crippen molar-refractivity contribution in [2.75, 3.05) is 5.32 Å². The number of amides is 2. The van der Waals surface area contributed by atoms with Crippen LogP contribution < -0.4 is 10.6 Å². The number of rotatable bonds is 5. The van der Waals surface area contributed by atoms with E-state index in [4.69, 9.17) is 0 Å². The zero-order valence-corrected chi connectivity index (χ0v) is 12.6. The fraction of sp³-hybridized carbons (Fsp3) is 0.533. The normalized spacial score (nSPS) is 15.9. The van der Waals surface area contributed by atoms with Crippen molar-refractivity contribution in [1.82, 2.24) is 5.32 Å². The van der Waals surface area contributed by atoms with Crippen molar-refractivity contribution in [3.05, 3.63) is 23.8 Å². The number of anilines is 1. The Bertz CT molecular complexity index is 457. The monoisotopic (exact) mass is 278 g/mol. The van der Waals surface area contributed by atoms with Crippen LogP contribution in [0.5, 0.6) is 0 Å². The number of aryl methyl sites for hydroxylation is 1. The number of hydrogen-bond acceptors (Lipinski definition) is 2. The lowest BCUT2D eigenvalue weighted by atomic mass is 10.2. The van der Waals surface area contributed by atoms with Crippen LogP contribution in [0, 0.1) is 6.92 Å². The predicted molar refractivity (Wildman–Crippen MR) is 82.0 cm³/mol. The third kappa shape index (κ3) is 4.46. The van der Waals surface area contributed by atoms with Gasteiger partial charge >= 0.3 is 6.03 Å². The molecule has 0 aromatic heterocycles. The summed E-state index contributed by atoms with van der Waals surface area (Å²) < 4.78 is 0. The standard InChI is InChI=1S/C15H22N2OS/c1-4-11(3)19-13-7-8-14(10(2)9-13)17-15(18)16-12-5-6-12/h7-9,11-12H,4-6H2,1-3H3,(H2,16,17,18). The maximum absolute atomic E-state index is 11.7. The first-order valence-electron chi connectivity index (χ1n) is 6.93. The van der Waals surface area contributed by atoms with E-state index in [1.165, 1.54) is 4.90 Å². The SMILES string of the molecule is CCC(C)Sc1ccc(NC(=O)NC2CC2)c(C)c1. The molecule has 1 aliphatic rings. The van der Waals surface area contributed by atoms with Gasteiger partial charge in [0.25, 0.3) is 0 Å². The number of carbonyl (C=O) groups excluding carboxylic acids is 1. The average molecular weight is 278 g/mol. The van der Waals surface area contributed by atoms with E-state index in [2.05, 4.69) is 36.6 Å². The molecule has 4 heteroatoms. The molecule has 0 spiro atoms. The van der Waals surface area contributed by atoms with Crippen LogP contribution >= 0.6 is 11.8 Å². The summed E-state index contributed by atoms with van der Waals surface area (Å²) in [6.45, 7) is 6.46. The zero-order chi connectivity index (χ0) is 13.8. The lowest BCUT2D eigenvalue weighted by molar-refractivity contribution is 0.251. The van der Waals surface area contributed by atoms with Crippen LogP contribution in [-0.2, 0) is 0 Å². The fourth-order valence-corrected chi connectivity index (χ4v) is 2.76. The van der Waals surface area contributed by atoms with Crippen molar-refractivity contribution in [1.29, 1.82) is 0 Å². The summed E-state index contributed by atoms with van der Waals surface area (Å²) in [5.74, 6) is 0. The van der Waals surface area contributed by atoms with Crippen LogP contribution in [-0.4, -0.2) is 17.3 Å². The van der Waals surface area contributed by atoms with Gasteiger partial charge in [-0.15, -0.1) is 11.8 Å². The minimum Gasteiger partial charge on any atom is -0.335 e. The molecule has 2 rings (SSSR count). The zero-order valence-electron chi connectivity index (χ0n) is 11.8. The molecule has 19 heavy (non-hydrogen) atoms. The Morgan fingerprint density at radius 1 is 1.47 bits per heavy atom. The van der Waals surface area contributed by atoms with Crippen molar-refractivity contribution < 1.29 is 4.79 Å². The molecular weight excluding hydrogens is 256 g/mol. The molecule has 1 aliphatic carbocycles. The Morgan fingerprint density at radius 3 is 2.79 bits per heavy atom. The number of thioether (sulfide) groups is 1. The van der Waals surface area contributed by atoms with Gasteiger partial charge in [-0.1, -0.05) is 13.8 Å². The predicted octanol–water partition coefficient (Wildman–Crippen LogP) is 4.17. The highest BCUT2D eigenvalue weighted by Gasteiger charge is 2.23. The molecule has 1 aromatic carbocycles. The highest BCUT2D eigenvalue weighted by Crippen LogP contribution is 2.28. The molecule has 0 heterocycles. The molecule has 0 radical (unpaired) electrons. The molecule has 2 N–H and O–H groups in total. The molecule has 104 valence electrons. The van der Waals surface area contributed by atoms with E-state index in [0.717, 1.165) is 30.5 Å². The number of hydrogen-bond donors (Lipinski definition) is 2. The van der Waals surface area contributed by atoms with Crippen molar-refractivity contribution in [3.8, 4) is 0 Å². The van der Waals surface area contributed by atoms with Gasteiger partial charge in [0.2, 0.25) is 0 Å². The topological polar surface area (TPSA) is 41.1 Å². The Morgan fingerprint density at radius 2 is 2.21 bits per heavy atom. The van der Waals surface area contributed by atoms with Crippen molar-refractivity contribution >= 4 is 23.5 Å². The van der Waals surface area contributed by atoms with Crippen molar-refractivity contribution in [3.63, 3.8) is 0 Å². The molecule has 2 amide bonds. The largest absolute Gasteiger partial charge is 0.335 e. The van der Waals surface area contributed by atoms with Crippen LogP contribution in [0.4, 0.5) is 10.5 Å². The van der Waals surface area contributed by atoms with Gasteiger partial charge in [0.15, 0.2) is 0 Å². The van der Waals surface area contributed by atoms with Gasteiger partial charge in [0.1, 0.15) is 0 Å². The summed E-state index contributed by atoms with van der Waals surface area (Å²) in [7, 11) is 0. The number of carbonyl (C=O) groups is 1. The van der Waals surface area contributed by atoms with E-state index >= 15 is 0 Å². The molecule has 1 unspecified atom stereocenters. The van der Waals surface area contributed by atoms with Gasteiger partial charge in [-0.25, -0.2) is 4.79 Å². The van der Waals surface area contributed by atoms with Crippen LogP contribution in [0.3, 0.4) is 0 Å². The summed E-state index contributed by atoms with van der Waals surface area (Å²) in [6, 6.07) is 6.51. The second-order valence-corrected chi connectivity index (χ2v) is 6.70. The van der Waals surface area contributed by atoms with Crippen molar-refractivity contribution in [2.24, 2.45) is 0 Å². The third-order valence-electron chi connectivity index (χ3n) is 3.27. The maximum atomic E-state index is 11.7. The minimum atomic E-state index is -0.0899. The average Bonchev–Trinajstić information content (AvgIpc) is 3.16. The van der Waals surface area contributed by atoms with E-state index in [1.54, 1.807) is 0 Å². The molecule has 1 atom stereocenters. The third-order valence-corrected chi connectivity index (χ3v) is 4.53. The maximum Gasteiger partial charge on any atom is 0.319 e. The summed E-state index contributed by atoms with van der Waals surface area (Å²) in [6.07, 6.45) is 3.38. The highest BCUT2D eigenvalue weighted by atomic mass is 32.2. The molecule has 1 saturated carbocycles. The molecule has 3 nitrogen and oxygen atoms in total. The number of benzene rings is 1. The first-order chi connectivity index (χ1) is 9.08. The van der Waals surface area contributed by atoms with Crippen LogP contribution in [0.15, 0.2) is 23.1 Å². The van der Waals surface area contributed by atoms with Crippen molar-refractivity contribution in [2.45, 2.75) is 56.2 Å². The second kappa shape index (κ2) is 6.33. The van der Waals surface area contributed by atoms with E-state index < -0.39 is 0 Å².